The summed E-state index contributed by atoms with van der Waals surface area (Å²) in [5.41, 5.74) is 0. The first-order chi connectivity index (χ1) is 10.9. The van der Waals surface area contributed by atoms with E-state index in [1.54, 1.807) is 6.07 Å². The van der Waals surface area contributed by atoms with E-state index in [1.807, 2.05) is 60.5 Å². The molecule has 0 bridgehead atoms. The predicted molar refractivity (Wildman–Crippen MR) is 95.2 cm³/mol. The Bertz CT molecular complexity index is 463. The van der Waals surface area contributed by atoms with Crippen molar-refractivity contribution < 1.29 is 76.6 Å². The Kier molecular flexibility index (Phi) is 13.7. The molecule has 0 aliphatic carbocycles. The zero-order valence-corrected chi connectivity index (χ0v) is 21.0. The number of ether oxygens (including phenoxy) is 2. The van der Waals surface area contributed by atoms with Crippen LogP contribution in [0.5, 0.6) is 11.5 Å². The Morgan fingerprint density at radius 2 is 1.12 bits per heavy atom. The second-order valence-electron chi connectivity index (χ2n) is 8.35. The average molecular weight is 596 g/mol. The lowest BCUT2D eigenvalue weighted by atomic mass is 10.3. The highest BCUT2D eigenvalue weighted by molar-refractivity contribution is 5.32. The highest BCUT2D eigenvalue weighted by Gasteiger charge is 2.17. The Morgan fingerprint density at radius 1 is 0.769 bits per heavy atom. The Labute approximate surface area is 192 Å². The molecule has 1 rings (SSSR count). The number of likely N-dealkylation sites (N-methyl/N-ethyl adjacent to an activating group) is 2. The molecule has 1 aromatic rings. The van der Waals surface area contributed by atoms with Gasteiger partial charge in [-0.3, -0.25) is 0 Å². The minimum atomic E-state index is -0.527. The molecule has 8 heteroatoms. The van der Waals surface area contributed by atoms with Gasteiger partial charge in [0.05, 0.1) is 42.3 Å². The van der Waals surface area contributed by atoms with Crippen molar-refractivity contribution in [1.82, 2.24) is 0 Å². The molecule has 1 aromatic carbocycles. The van der Waals surface area contributed by atoms with Crippen molar-refractivity contribution in [1.29, 1.82) is 0 Å². The van der Waals surface area contributed by atoms with Crippen LogP contribution >= 0.6 is 0 Å². The van der Waals surface area contributed by atoms with Crippen LogP contribution in [0.2, 0.25) is 0 Å². The summed E-state index contributed by atoms with van der Waals surface area (Å²) in [5.74, 6) is 1.29. The number of nitrogens with zero attached hydrogens (tertiary/aromatic N) is 2. The molecule has 2 atom stereocenters. The van der Waals surface area contributed by atoms with Crippen LogP contribution < -0.4 is 57.4 Å². The first kappa shape index (κ1) is 28.3. The zero-order chi connectivity index (χ0) is 18.4. The van der Waals surface area contributed by atoms with Crippen LogP contribution in [0.4, 0.5) is 0 Å². The molecule has 2 unspecified atom stereocenters. The van der Waals surface area contributed by atoms with Crippen molar-refractivity contribution in [3.8, 4) is 11.5 Å². The largest absolute Gasteiger partial charge is 1.00 e. The van der Waals surface area contributed by atoms with E-state index in [0.717, 1.165) is 0 Å². The average Bonchev–Trinajstić information content (AvgIpc) is 2.40. The lowest BCUT2D eigenvalue weighted by molar-refractivity contribution is -0.873. The fourth-order valence-electron chi connectivity index (χ4n) is 2.41. The molecule has 0 amide bonds. The fourth-order valence-corrected chi connectivity index (χ4v) is 2.41. The van der Waals surface area contributed by atoms with Gasteiger partial charge in [0.15, 0.2) is 0 Å². The summed E-state index contributed by atoms with van der Waals surface area (Å²) in [6, 6.07) is 7.27. The summed E-state index contributed by atoms with van der Waals surface area (Å²) < 4.78 is 12.6. The van der Waals surface area contributed by atoms with Gasteiger partial charge in [0.25, 0.3) is 0 Å². The summed E-state index contributed by atoms with van der Waals surface area (Å²) in [7, 11) is 12.2. The number of quaternary nitrogens is 2. The molecule has 0 saturated carbocycles. The Morgan fingerprint density at radius 3 is 1.42 bits per heavy atom. The maximum Gasteiger partial charge on any atom is 0.137 e. The summed E-state index contributed by atoms with van der Waals surface area (Å²) in [4.78, 5) is 0. The highest BCUT2D eigenvalue weighted by Crippen LogP contribution is 2.20. The molecule has 2 N–H and O–H groups in total. The first-order valence-corrected chi connectivity index (χ1v) is 8.27. The van der Waals surface area contributed by atoms with Gasteiger partial charge in [-0.25, -0.2) is 0 Å². The maximum absolute atomic E-state index is 9.99. The standard InChI is InChI=1S/C18H34N2O4.2HI/c1-19(2,3)11-15(21)13-23-17-8-7-9-18(10-17)24-14-16(22)12-20(4,5)6;;/h7-10,15-16,21-22H,11-14H2,1-6H3;2*1H/q+2;;/p-2. The molecule has 0 aliphatic heterocycles. The van der Waals surface area contributed by atoms with Crippen molar-refractivity contribution in [2.45, 2.75) is 12.2 Å². The van der Waals surface area contributed by atoms with Crippen molar-refractivity contribution >= 4 is 0 Å². The van der Waals surface area contributed by atoms with Gasteiger partial charge in [0, 0.05) is 6.07 Å². The number of rotatable bonds is 10. The smallest absolute Gasteiger partial charge is 0.137 e. The van der Waals surface area contributed by atoms with Gasteiger partial charge >= 0.3 is 0 Å². The van der Waals surface area contributed by atoms with Gasteiger partial charge in [0.1, 0.15) is 50.0 Å². The molecule has 0 spiro atoms. The summed E-state index contributed by atoms with van der Waals surface area (Å²) in [6.45, 7) is 1.72. The fraction of sp³-hybridized carbons (Fsp3) is 0.667. The third-order valence-electron chi connectivity index (χ3n) is 3.21. The summed E-state index contributed by atoms with van der Waals surface area (Å²) in [6.07, 6.45) is -1.05. The van der Waals surface area contributed by atoms with Gasteiger partial charge in [-0.15, -0.1) is 0 Å². The maximum atomic E-state index is 9.99. The second kappa shape index (κ2) is 12.6. The third kappa shape index (κ3) is 14.2. The van der Waals surface area contributed by atoms with Gasteiger partial charge in [0.2, 0.25) is 0 Å². The zero-order valence-electron chi connectivity index (χ0n) is 16.7. The Balaban J connectivity index is 0. The highest BCUT2D eigenvalue weighted by atomic mass is 127. The predicted octanol–water partition coefficient (Wildman–Crippen LogP) is -5.41. The van der Waals surface area contributed by atoms with Crippen molar-refractivity contribution in [3.05, 3.63) is 24.3 Å². The number of aliphatic hydroxyl groups is 2. The van der Waals surface area contributed by atoms with E-state index >= 15 is 0 Å². The minimum Gasteiger partial charge on any atom is -1.00 e. The van der Waals surface area contributed by atoms with E-state index in [-0.39, 0.29) is 61.2 Å². The van der Waals surface area contributed by atoms with Gasteiger partial charge in [-0.2, -0.15) is 0 Å². The van der Waals surface area contributed by atoms with Gasteiger partial charge in [-0.1, -0.05) is 6.07 Å². The Hall–Kier alpha value is 0.120. The molecule has 0 aromatic heterocycles. The molecule has 0 heterocycles. The van der Waals surface area contributed by atoms with Crippen molar-refractivity contribution in [2.75, 3.05) is 68.6 Å². The summed E-state index contributed by atoms with van der Waals surface area (Å²) in [5, 5.41) is 20.0. The number of hydrogen-bond donors (Lipinski definition) is 2. The van der Waals surface area contributed by atoms with Crippen LogP contribution in [0.3, 0.4) is 0 Å². The molecule has 0 aliphatic rings. The van der Waals surface area contributed by atoms with Crippen LogP contribution in [0.1, 0.15) is 0 Å². The molecular formula is C18H34I2N2O4. The van der Waals surface area contributed by atoms with E-state index in [0.29, 0.717) is 33.6 Å². The van der Waals surface area contributed by atoms with Crippen LogP contribution in [-0.4, -0.2) is 100.0 Å². The molecule has 154 valence electrons. The van der Waals surface area contributed by atoms with E-state index in [1.165, 1.54) is 0 Å². The molecule has 6 nitrogen and oxygen atoms in total. The molecule has 0 radical (unpaired) electrons. The van der Waals surface area contributed by atoms with Crippen LogP contribution in [0.25, 0.3) is 0 Å². The van der Waals surface area contributed by atoms with E-state index in [9.17, 15) is 10.2 Å². The molecule has 0 saturated heterocycles. The van der Waals surface area contributed by atoms with E-state index < -0.39 is 12.2 Å². The number of hydrogen-bond acceptors (Lipinski definition) is 4. The number of aliphatic hydroxyl groups excluding tert-OH is 2. The van der Waals surface area contributed by atoms with Crippen LogP contribution in [0.15, 0.2) is 24.3 Å². The first-order valence-electron chi connectivity index (χ1n) is 8.27. The lowest BCUT2D eigenvalue weighted by Crippen LogP contribution is -3.00. The van der Waals surface area contributed by atoms with Crippen molar-refractivity contribution in [2.24, 2.45) is 0 Å². The topological polar surface area (TPSA) is 58.9 Å². The van der Waals surface area contributed by atoms with E-state index in [4.69, 9.17) is 9.47 Å². The van der Waals surface area contributed by atoms with Crippen LogP contribution in [0, 0.1) is 0 Å². The minimum absolute atomic E-state index is 0. The molecule has 0 fully saturated rings. The van der Waals surface area contributed by atoms with Crippen molar-refractivity contribution in [3.63, 3.8) is 0 Å². The number of benzene rings is 1. The lowest BCUT2D eigenvalue weighted by Gasteiger charge is -2.27. The normalized spacial score (nSPS) is 13.8. The molecular weight excluding hydrogens is 562 g/mol. The van der Waals surface area contributed by atoms with Crippen LogP contribution in [-0.2, 0) is 0 Å². The third-order valence-corrected chi connectivity index (χ3v) is 3.21. The monoisotopic (exact) mass is 596 g/mol. The van der Waals surface area contributed by atoms with Gasteiger partial charge in [-0.05, 0) is 12.1 Å². The summed E-state index contributed by atoms with van der Waals surface area (Å²) >= 11 is 0. The number of halogens is 2. The quantitative estimate of drug-likeness (QED) is 0.210. The van der Waals surface area contributed by atoms with E-state index in [2.05, 4.69) is 0 Å². The second-order valence-corrected chi connectivity index (χ2v) is 8.35. The SMILES string of the molecule is C[N+](C)(C)CC(O)COc1cccc(OCC(O)C[N+](C)(C)C)c1.[I-].[I-]. The van der Waals surface area contributed by atoms with Gasteiger partial charge < -0.3 is 76.6 Å². The molecule has 26 heavy (non-hydrogen) atoms.